The van der Waals surface area contributed by atoms with Crippen molar-refractivity contribution in [2.75, 3.05) is 17.2 Å². The van der Waals surface area contributed by atoms with Crippen LogP contribution < -0.4 is 10.6 Å². The number of halogens is 2. The minimum atomic E-state index is -0.485. The zero-order chi connectivity index (χ0) is 20.8. The zero-order valence-electron chi connectivity index (χ0n) is 15.8. The summed E-state index contributed by atoms with van der Waals surface area (Å²) in [6.45, 7) is 0.656. The van der Waals surface area contributed by atoms with Crippen LogP contribution in [0.4, 0.5) is 21.8 Å². The van der Waals surface area contributed by atoms with Gasteiger partial charge in [-0.15, -0.1) is 0 Å². The second-order valence-electron chi connectivity index (χ2n) is 6.37. The Bertz CT molecular complexity index is 1130. The van der Waals surface area contributed by atoms with Crippen molar-refractivity contribution < 1.29 is 4.39 Å². The molecule has 7 nitrogen and oxygen atoms in total. The molecule has 4 rings (SSSR count). The first kappa shape index (κ1) is 19.7. The van der Waals surface area contributed by atoms with Gasteiger partial charge < -0.3 is 10.6 Å². The van der Waals surface area contributed by atoms with Crippen LogP contribution >= 0.6 is 11.6 Å². The van der Waals surface area contributed by atoms with Crippen molar-refractivity contribution in [1.82, 2.24) is 24.9 Å². The number of nitrogens with zero attached hydrogens (tertiary/aromatic N) is 5. The number of nitrogens with one attached hydrogen (secondary N) is 2. The monoisotopic (exact) mass is 421 g/mol. The molecule has 0 amide bonds. The van der Waals surface area contributed by atoms with Gasteiger partial charge in [0.05, 0.1) is 5.02 Å². The summed E-state index contributed by atoms with van der Waals surface area (Å²) in [4.78, 5) is 21.1. The predicted molar refractivity (Wildman–Crippen MR) is 114 cm³/mol. The summed E-state index contributed by atoms with van der Waals surface area (Å²) in [6, 6.07) is 8.28. The van der Waals surface area contributed by atoms with E-state index in [4.69, 9.17) is 11.6 Å². The number of aromatic nitrogens is 5. The fraction of sp³-hybridized carbons (Fsp3) is 0.0952. The molecule has 9 heteroatoms. The number of anilines is 3. The lowest BCUT2D eigenvalue weighted by atomic mass is 10.1. The standard InChI is InChI=1S/C21H17ClFN7/c22-18-9-16(1-2-19(18)23)29-21-28-12-17(15-10-25-13-26-11-15)20(30-21)27-8-5-14-3-6-24-7-4-14/h1-4,6-7,9-13H,5,8H2,(H2,27,28,29,30). The fourth-order valence-electron chi connectivity index (χ4n) is 2.80. The molecule has 4 aromatic rings. The third-order valence-corrected chi connectivity index (χ3v) is 4.58. The van der Waals surface area contributed by atoms with E-state index in [1.54, 1.807) is 37.1 Å². The molecule has 0 saturated heterocycles. The highest BCUT2D eigenvalue weighted by Gasteiger charge is 2.11. The van der Waals surface area contributed by atoms with Gasteiger partial charge in [-0.25, -0.2) is 19.3 Å². The summed E-state index contributed by atoms with van der Waals surface area (Å²) in [7, 11) is 0. The quantitative estimate of drug-likeness (QED) is 0.453. The lowest BCUT2D eigenvalue weighted by molar-refractivity contribution is 0.628. The van der Waals surface area contributed by atoms with Gasteiger partial charge in [0.1, 0.15) is 18.0 Å². The normalized spacial score (nSPS) is 10.6. The summed E-state index contributed by atoms with van der Waals surface area (Å²) >= 11 is 5.86. The van der Waals surface area contributed by atoms with Crippen LogP contribution in [0.5, 0.6) is 0 Å². The SMILES string of the molecule is Fc1ccc(Nc2ncc(-c3cncnc3)c(NCCc3ccncc3)n2)cc1Cl. The molecule has 0 radical (unpaired) electrons. The van der Waals surface area contributed by atoms with Crippen LogP contribution in [0.3, 0.4) is 0 Å². The van der Waals surface area contributed by atoms with E-state index >= 15 is 0 Å². The van der Waals surface area contributed by atoms with Crippen LogP contribution in [0.25, 0.3) is 11.1 Å². The molecule has 0 aliphatic rings. The molecule has 0 atom stereocenters. The van der Waals surface area contributed by atoms with Crippen molar-refractivity contribution in [2.45, 2.75) is 6.42 Å². The van der Waals surface area contributed by atoms with E-state index in [9.17, 15) is 4.39 Å². The van der Waals surface area contributed by atoms with Crippen LogP contribution in [0.1, 0.15) is 5.56 Å². The molecular formula is C21H17ClFN7. The van der Waals surface area contributed by atoms with E-state index in [2.05, 4.69) is 35.6 Å². The third kappa shape index (κ3) is 4.84. The molecule has 0 aliphatic carbocycles. The zero-order valence-corrected chi connectivity index (χ0v) is 16.5. The van der Waals surface area contributed by atoms with Gasteiger partial charge in [0.25, 0.3) is 0 Å². The fourth-order valence-corrected chi connectivity index (χ4v) is 2.98. The van der Waals surface area contributed by atoms with Gasteiger partial charge in [-0.3, -0.25) is 4.98 Å². The lowest BCUT2D eigenvalue weighted by Gasteiger charge is -2.13. The Hall–Kier alpha value is -3.65. The maximum Gasteiger partial charge on any atom is 0.229 e. The Labute approximate surface area is 177 Å². The van der Waals surface area contributed by atoms with E-state index < -0.39 is 5.82 Å². The summed E-state index contributed by atoms with van der Waals surface area (Å²) in [5, 5.41) is 6.42. The van der Waals surface area contributed by atoms with Gasteiger partial charge in [0.15, 0.2) is 0 Å². The Morgan fingerprint density at radius 2 is 1.77 bits per heavy atom. The molecule has 0 aliphatic heterocycles. The molecule has 1 aromatic carbocycles. The minimum Gasteiger partial charge on any atom is -0.369 e. The van der Waals surface area contributed by atoms with Crippen molar-refractivity contribution in [3.05, 3.63) is 84.0 Å². The molecule has 0 fully saturated rings. The highest BCUT2D eigenvalue weighted by Crippen LogP contribution is 2.27. The molecule has 2 N–H and O–H groups in total. The molecule has 0 bridgehead atoms. The number of hydrogen-bond donors (Lipinski definition) is 2. The highest BCUT2D eigenvalue weighted by molar-refractivity contribution is 6.31. The van der Waals surface area contributed by atoms with Crippen molar-refractivity contribution in [3.63, 3.8) is 0 Å². The second-order valence-corrected chi connectivity index (χ2v) is 6.78. The third-order valence-electron chi connectivity index (χ3n) is 4.29. The summed E-state index contributed by atoms with van der Waals surface area (Å²) in [5.74, 6) is 0.496. The molecule has 0 spiro atoms. The number of hydrogen-bond acceptors (Lipinski definition) is 7. The topological polar surface area (TPSA) is 88.5 Å². The summed E-state index contributed by atoms with van der Waals surface area (Å²) in [5.41, 5.74) is 3.31. The maximum absolute atomic E-state index is 13.4. The van der Waals surface area contributed by atoms with E-state index in [0.29, 0.717) is 24.0 Å². The molecular weight excluding hydrogens is 405 g/mol. The van der Waals surface area contributed by atoms with E-state index in [-0.39, 0.29) is 5.02 Å². The average Bonchev–Trinajstić information content (AvgIpc) is 2.78. The van der Waals surface area contributed by atoms with Gasteiger partial charge in [-0.1, -0.05) is 11.6 Å². The minimum absolute atomic E-state index is 0.0220. The first-order chi connectivity index (χ1) is 14.7. The number of benzene rings is 1. The predicted octanol–water partition coefficient (Wildman–Crippen LogP) is 4.52. The molecule has 150 valence electrons. The molecule has 0 unspecified atom stereocenters. The summed E-state index contributed by atoms with van der Waals surface area (Å²) < 4.78 is 13.4. The van der Waals surface area contributed by atoms with Crippen LogP contribution in [0.2, 0.25) is 5.02 Å². The van der Waals surface area contributed by atoms with Crippen LogP contribution in [-0.2, 0) is 6.42 Å². The van der Waals surface area contributed by atoms with Gasteiger partial charge in [0, 0.05) is 54.3 Å². The Morgan fingerprint density at radius 1 is 0.967 bits per heavy atom. The first-order valence-corrected chi connectivity index (χ1v) is 9.54. The van der Waals surface area contributed by atoms with E-state index in [1.165, 1.54) is 18.5 Å². The molecule has 30 heavy (non-hydrogen) atoms. The van der Waals surface area contributed by atoms with Gasteiger partial charge in [-0.05, 0) is 42.3 Å². The largest absolute Gasteiger partial charge is 0.369 e. The smallest absolute Gasteiger partial charge is 0.229 e. The van der Waals surface area contributed by atoms with Crippen LogP contribution in [0.15, 0.2) is 67.6 Å². The van der Waals surface area contributed by atoms with Crippen molar-refractivity contribution >= 4 is 29.1 Å². The van der Waals surface area contributed by atoms with Crippen molar-refractivity contribution in [3.8, 4) is 11.1 Å². The Kier molecular flexibility index (Phi) is 6.05. The number of pyridine rings is 1. The van der Waals surface area contributed by atoms with E-state index in [1.807, 2.05) is 12.1 Å². The van der Waals surface area contributed by atoms with Crippen molar-refractivity contribution in [1.29, 1.82) is 0 Å². The molecule has 3 heterocycles. The first-order valence-electron chi connectivity index (χ1n) is 9.16. The number of rotatable bonds is 7. The van der Waals surface area contributed by atoms with Gasteiger partial charge in [-0.2, -0.15) is 4.98 Å². The maximum atomic E-state index is 13.4. The Balaban J connectivity index is 1.58. The lowest BCUT2D eigenvalue weighted by Crippen LogP contribution is -2.09. The van der Waals surface area contributed by atoms with Crippen LogP contribution in [0, 0.1) is 5.82 Å². The van der Waals surface area contributed by atoms with E-state index in [0.717, 1.165) is 23.1 Å². The highest BCUT2D eigenvalue weighted by atomic mass is 35.5. The average molecular weight is 422 g/mol. The Morgan fingerprint density at radius 3 is 2.53 bits per heavy atom. The van der Waals surface area contributed by atoms with Crippen molar-refractivity contribution in [2.24, 2.45) is 0 Å². The molecule has 0 saturated carbocycles. The van der Waals surface area contributed by atoms with Gasteiger partial charge in [0.2, 0.25) is 5.95 Å². The van der Waals surface area contributed by atoms with Crippen LogP contribution in [-0.4, -0.2) is 31.5 Å². The van der Waals surface area contributed by atoms with Gasteiger partial charge >= 0.3 is 0 Å². The second kappa shape index (κ2) is 9.23. The summed E-state index contributed by atoms with van der Waals surface area (Å²) in [6.07, 6.45) is 10.9. The molecule has 3 aromatic heterocycles.